The Morgan fingerprint density at radius 3 is 2.00 bits per heavy atom. The summed E-state index contributed by atoms with van der Waals surface area (Å²) in [6.07, 6.45) is -1.38. The van der Waals surface area contributed by atoms with Gasteiger partial charge in [-0.1, -0.05) is 27.7 Å². The number of benzene rings is 4. The van der Waals surface area contributed by atoms with Crippen LogP contribution >= 0.6 is 0 Å². The van der Waals surface area contributed by atoms with Crippen molar-refractivity contribution in [2.45, 2.75) is 65.1 Å². The van der Waals surface area contributed by atoms with E-state index in [0.29, 0.717) is 12.1 Å². The van der Waals surface area contributed by atoms with Gasteiger partial charge in [0.2, 0.25) is 2.86 Å². The zero-order chi connectivity index (χ0) is 46.3. The summed E-state index contributed by atoms with van der Waals surface area (Å²) in [6.45, 7) is 7.23. The maximum atomic E-state index is 13.7. The Hall–Kier alpha value is -6.34. The van der Waals surface area contributed by atoms with Gasteiger partial charge in [-0.15, -0.1) is 0 Å². The lowest BCUT2D eigenvalue weighted by Crippen LogP contribution is -2.06. The second-order valence-corrected chi connectivity index (χ2v) is 13.4. The van der Waals surface area contributed by atoms with Crippen molar-refractivity contribution in [1.82, 2.24) is 29.5 Å². The Kier molecular flexibility index (Phi) is 8.22. The summed E-state index contributed by atoms with van der Waals surface area (Å²) in [5.74, 6) is -4.58. The summed E-state index contributed by atoms with van der Waals surface area (Å²) < 4.78 is 91.9. The molecule has 284 valence electrons. The molecule has 0 fully saturated rings. The predicted octanol–water partition coefficient (Wildman–Crippen LogP) is 8.75. The minimum Gasteiger partial charge on any atom is -0.481 e. The first-order chi connectivity index (χ1) is 29.6. The maximum absolute atomic E-state index is 13.7. The van der Waals surface area contributed by atoms with E-state index in [1.165, 1.54) is 54.8 Å². The molecule has 0 aliphatic heterocycles. The van der Waals surface area contributed by atoms with Crippen LogP contribution in [0.5, 0.6) is 0 Å². The Morgan fingerprint density at radius 1 is 0.818 bits per heavy atom. The molecule has 11 nitrogen and oxygen atoms in total. The number of aromatic amines is 2. The van der Waals surface area contributed by atoms with Crippen molar-refractivity contribution >= 4 is 55.6 Å². The molecule has 0 saturated heterocycles. The quantitative estimate of drug-likeness (QED) is 0.109. The van der Waals surface area contributed by atoms with Crippen LogP contribution in [0.1, 0.15) is 83.0 Å². The van der Waals surface area contributed by atoms with Crippen LogP contribution in [0.3, 0.4) is 0 Å². The van der Waals surface area contributed by atoms with E-state index >= 15 is 0 Å². The highest BCUT2D eigenvalue weighted by atomic mass is 19.1. The largest absolute Gasteiger partial charge is 0.481 e. The van der Waals surface area contributed by atoms with Crippen LogP contribution in [0.2, 0.25) is 0 Å². The van der Waals surface area contributed by atoms with Crippen LogP contribution in [-0.4, -0.2) is 60.0 Å². The molecule has 0 saturated carbocycles. The Labute approximate surface area is 325 Å². The molecule has 4 aromatic carbocycles. The topological polar surface area (TPSA) is 173 Å². The van der Waals surface area contributed by atoms with Gasteiger partial charge in [-0.2, -0.15) is 10.2 Å². The third kappa shape index (κ3) is 7.43. The fourth-order valence-corrected chi connectivity index (χ4v) is 7.04. The van der Waals surface area contributed by atoms with E-state index in [2.05, 4.69) is 44.3 Å². The normalized spacial score (nSPS) is 13.9. The third-order valence-corrected chi connectivity index (χ3v) is 9.22. The summed E-state index contributed by atoms with van der Waals surface area (Å²) in [5.41, 5.74) is 8.34. The number of aromatic nitrogens is 6. The van der Waals surface area contributed by atoms with E-state index in [1.54, 1.807) is 18.3 Å². The number of fused-ring (bicyclic) bond motifs is 4. The number of nitrogens with one attached hydrogen (secondary N) is 2. The highest BCUT2D eigenvalue weighted by molar-refractivity contribution is 6.00. The number of halogens is 2. The van der Waals surface area contributed by atoms with E-state index in [0.717, 1.165) is 38.8 Å². The van der Waals surface area contributed by atoms with Gasteiger partial charge in [0.25, 0.3) is 0 Å². The van der Waals surface area contributed by atoms with Crippen molar-refractivity contribution in [2.24, 2.45) is 0 Å². The average Bonchev–Trinajstić information content (AvgIpc) is 3.98. The molecule has 13 heteroatoms. The SMILES string of the molecule is CC(C)c1c(CCC(=O)O)c2cc3[nH]ncc3cc2n1-c1ccc(F)cc1.[2H]O[2H].[2H]c1n[nH]c2c([2H])c3c(CC([2H])([2H])C(=O)O)c(C([2H])(C)C)n(-c4ccc(F)cc4)c3c([2H])c12. The summed E-state index contributed by atoms with van der Waals surface area (Å²) in [7, 11) is 0. The van der Waals surface area contributed by atoms with Gasteiger partial charge in [0, 0.05) is 61.2 Å². The summed E-state index contributed by atoms with van der Waals surface area (Å²) in [5, 5.41) is 34.2. The van der Waals surface area contributed by atoms with Crippen LogP contribution in [0.25, 0.3) is 55.0 Å². The standard InChI is InChI=1S/2C21H20FN3O2.H2O/c2*1-12(2)21-16(7-8-20(26)27)17-10-18-13(11-23-24-18)9-19(17)25(21)15-5-3-14(22)4-6-15;/h2*3-6,9-12H,7-8H2,1-2H3,(H,23,24)(H,26,27);1H2/i8D2,9D,10D,11D,12D;;/hD2. The first-order valence-electron chi connectivity index (χ1n) is 21.0. The molecule has 55 heavy (non-hydrogen) atoms. The van der Waals surface area contributed by atoms with Gasteiger partial charge < -0.3 is 24.8 Å². The fourth-order valence-electron chi connectivity index (χ4n) is 7.04. The van der Waals surface area contributed by atoms with Crippen LogP contribution in [0.4, 0.5) is 8.78 Å². The number of carboxylic acids is 2. The molecule has 0 bridgehead atoms. The maximum Gasteiger partial charge on any atom is 0.303 e. The number of nitrogens with zero attached hydrogens (tertiary/aromatic N) is 4. The number of carbonyl (C=O) groups is 2. The number of hydrogen-bond donors (Lipinski definition) is 4. The number of H-pyrrole nitrogens is 2. The lowest BCUT2D eigenvalue weighted by molar-refractivity contribution is -0.138. The van der Waals surface area contributed by atoms with E-state index in [1.807, 2.05) is 12.1 Å². The zero-order valence-electron chi connectivity index (χ0n) is 38.2. The highest BCUT2D eigenvalue weighted by Gasteiger charge is 2.24. The number of rotatable bonds is 10. The van der Waals surface area contributed by atoms with Crippen molar-refractivity contribution in [3.63, 3.8) is 0 Å². The number of aliphatic carboxylic acids is 2. The molecular weight excluding hydrogens is 706 g/mol. The van der Waals surface area contributed by atoms with Crippen molar-refractivity contribution < 1.29 is 42.3 Å². The van der Waals surface area contributed by atoms with Crippen molar-refractivity contribution in [3.8, 4) is 11.4 Å². The van der Waals surface area contributed by atoms with Crippen LogP contribution in [0, 0.1) is 11.6 Å². The highest BCUT2D eigenvalue weighted by Crippen LogP contribution is 2.38. The van der Waals surface area contributed by atoms with Gasteiger partial charge in [-0.05, 0) is 109 Å². The molecule has 0 radical (unpaired) electrons. The molecule has 4 aromatic heterocycles. The molecule has 0 unspecified atom stereocenters. The minimum absolute atomic E-state index is 0.0588. The number of carboxylic acid groups (broad SMARTS) is 2. The Balaban J connectivity index is 0.000000201. The fraction of sp³-hybridized carbons (Fsp3) is 0.238. The molecule has 0 spiro atoms. The third-order valence-electron chi connectivity index (χ3n) is 9.22. The first-order valence-corrected chi connectivity index (χ1v) is 17.2. The van der Waals surface area contributed by atoms with E-state index < -0.39 is 36.4 Å². The number of aryl methyl sites for hydroxylation is 2. The van der Waals surface area contributed by atoms with Crippen molar-refractivity contribution in [1.29, 1.82) is 2.86 Å². The van der Waals surface area contributed by atoms with E-state index in [9.17, 15) is 28.6 Å². The molecule has 0 aliphatic rings. The smallest absolute Gasteiger partial charge is 0.303 e. The molecule has 0 aliphatic carbocycles. The Bertz CT molecular complexity index is 2990. The van der Waals surface area contributed by atoms with Crippen LogP contribution in [0.15, 0.2) is 85.1 Å². The summed E-state index contributed by atoms with van der Waals surface area (Å²) in [4.78, 5) is 22.8. The lowest BCUT2D eigenvalue weighted by Gasteiger charge is -2.15. The van der Waals surface area contributed by atoms with Gasteiger partial charge in [0.05, 0.1) is 38.5 Å². The summed E-state index contributed by atoms with van der Waals surface area (Å²) >= 11 is 0. The second-order valence-electron chi connectivity index (χ2n) is 13.4. The molecule has 6 N–H and O–H groups in total. The second kappa shape index (κ2) is 15.6. The van der Waals surface area contributed by atoms with Gasteiger partial charge in [-0.25, -0.2) is 8.78 Å². The molecule has 4 heterocycles. The van der Waals surface area contributed by atoms with Gasteiger partial charge >= 0.3 is 11.9 Å². The van der Waals surface area contributed by atoms with E-state index in [4.69, 9.17) is 11.1 Å². The number of hydrogen-bond acceptors (Lipinski definition) is 4. The molecule has 0 atom stereocenters. The zero-order valence-corrected chi connectivity index (χ0v) is 30.2. The van der Waals surface area contributed by atoms with E-state index in [-0.39, 0.29) is 69.5 Å². The monoisotopic (exact) mass is 756 g/mol. The lowest BCUT2D eigenvalue weighted by atomic mass is 9.99. The minimum atomic E-state index is -2.72. The van der Waals surface area contributed by atoms with Crippen LogP contribution in [-0.2, 0) is 22.4 Å². The van der Waals surface area contributed by atoms with Crippen molar-refractivity contribution in [3.05, 3.63) is 119 Å². The Morgan fingerprint density at radius 2 is 1.42 bits per heavy atom. The molecular formula is C42H42F2N6O5. The summed E-state index contributed by atoms with van der Waals surface area (Å²) in [6, 6.07) is 15.3. The molecule has 0 amide bonds. The van der Waals surface area contributed by atoms with Crippen LogP contribution < -0.4 is 0 Å². The van der Waals surface area contributed by atoms with Gasteiger partial charge in [0.15, 0.2) is 0 Å². The first kappa shape index (κ1) is 29.1. The predicted molar refractivity (Wildman–Crippen MR) is 209 cm³/mol. The van der Waals surface area contributed by atoms with Gasteiger partial charge in [-0.3, -0.25) is 19.8 Å². The molecule has 8 rings (SSSR count). The van der Waals surface area contributed by atoms with Gasteiger partial charge in [0.1, 0.15) is 11.6 Å². The molecule has 8 aromatic rings. The van der Waals surface area contributed by atoms with Crippen molar-refractivity contribution in [2.75, 3.05) is 0 Å². The average molecular weight is 757 g/mol.